The maximum absolute atomic E-state index is 11.3. The summed E-state index contributed by atoms with van der Waals surface area (Å²) in [5, 5.41) is 5.51. The van der Waals surface area contributed by atoms with Crippen molar-refractivity contribution >= 4 is 6.03 Å². The Bertz CT molecular complexity index is 365. The van der Waals surface area contributed by atoms with E-state index in [1.165, 1.54) is 5.56 Å². The van der Waals surface area contributed by atoms with Crippen molar-refractivity contribution in [3.63, 3.8) is 0 Å². The van der Waals surface area contributed by atoms with Crippen molar-refractivity contribution in [3.05, 3.63) is 29.8 Å². The normalized spacial score (nSPS) is 10.0. The number of hydrogen-bond acceptors (Lipinski definition) is 3. The SMILES string of the molecule is COCCNC(=O)NCCCc1ccc(OC)cc1. The van der Waals surface area contributed by atoms with Crippen molar-refractivity contribution < 1.29 is 14.3 Å². The molecule has 0 atom stereocenters. The van der Waals surface area contributed by atoms with Crippen LogP contribution in [0.3, 0.4) is 0 Å². The van der Waals surface area contributed by atoms with Gasteiger partial charge in [0.1, 0.15) is 5.75 Å². The highest BCUT2D eigenvalue weighted by molar-refractivity contribution is 5.73. The van der Waals surface area contributed by atoms with Gasteiger partial charge in [0.2, 0.25) is 0 Å². The maximum atomic E-state index is 11.3. The average molecular weight is 266 g/mol. The molecule has 19 heavy (non-hydrogen) atoms. The molecule has 2 N–H and O–H groups in total. The first-order valence-electron chi connectivity index (χ1n) is 6.40. The molecule has 1 rings (SSSR count). The van der Waals surface area contributed by atoms with E-state index in [1.807, 2.05) is 24.3 Å². The predicted octanol–water partition coefficient (Wildman–Crippen LogP) is 1.57. The molecule has 0 aromatic heterocycles. The zero-order valence-electron chi connectivity index (χ0n) is 11.6. The van der Waals surface area contributed by atoms with E-state index in [4.69, 9.17) is 9.47 Å². The summed E-state index contributed by atoms with van der Waals surface area (Å²) in [6, 6.07) is 7.82. The van der Waals surface area contributed by atoms with E-state index in [-0.39, 0.29) is 6.03 Å². The summed E-state index contributed by atoms with van der Waals surface area (Å²) in [7, 11) is 3.26. The number of ether oxygens (including phenoxy) is 2. The van der Waals surface area contributed by atoms with Crippen molar-refractivity contribution in [2.75, 3.05) is 33.9 Å². The van der Waals surface area contributed by atoms with Crippen LogP contribution in [0.2, 0.25) is 0 Å². The molecule has 1 aromatic carbocycles. The third-order valence-corrected chi connectivity index (χ3v) is 2.68. The number of urea groups is 1. The summed E-state index contributed by atoms with van der Waals surface area (Å²) < 4.78 is 9.94. The lowest BCUT2D eigenvalue weighted by Gasteiger charge is -2.07. The molecule has 5 nitrogen and oxygen atoms in total. The Kier molecular flexibility index (Phi) is 7.43. The average Bonchev–Trinajstić information content (AvgIpc) is 2.44. The molecule has 0 fully saturated rings. The molecule has 0 saturated carbocycles. The third-order valence-electron chi connectivity index (χ3n) is 2.68. The molecule has 0 radical (unpaired) electrons. The summed E-state index contributed by atoms with van der Waals surface area (Å²) in [6.45, 7) is 1.71. The number of nitrogens with one attached hydrogen (secondary N) is 2. The van der Waals surface area contributed by atoms with E-state index in [0.717, 1.165) is 18.6 Å². The number of benzene rings is 1. The first kappa shape index (κ1) is 15.3. The molecule has 5 heteroatoms. The summed E-state index contributed by atoms with van der Waals surface area (Å²) in [4.78, 5) is 11.3. The minimum absolute atomic E-state index is 0.146. The molecule has 2 amide bonds. The Morgan fingerprint density at radius 3 is 2.42 bits per heavy atom. The molecule has 0 aliphatic rings. The minimum Gasteiger partial charge on any atom is -0.497 e. The first-order valence-corrected chi connectivity index (χ1v) is 6.40. The largest absolute Gasteiger partial charge is 0.497 e. The van der Waals surface area contributed by atoms with Crippen molar-refractivity contribution in [3.8, 4) is 5.75 Å². The number of hydrogen-bond donors (Lipinski definition) is 2. The van der Waals surface area contributed by atoms with Gasteiger partial charge < -0.3 is 20.1 Å². The van der Waals surface area contributed by atoms with Crippen LogP contribution in [0.4, 0.5) is 4.79 Å². The fourth-order valence-electron chi connectivity index (χ4n) is 1.62. The second-order valence-electron chi connectivity index (χ2n) is 4.13. The highest BCUT2D eigenvalue weighted by Gasteiger charge is 1.99. The standard InChI is InChI=1S/C14H22N2O3/c1-18-11-10-16-14(17)15-9-3-4-12-5-7-13(19-2)8-6-12/h5-8H,3-4,9-11H2,1-2H3,(H2,15,16,17). The van der Waals surface area contributed by atoms with Gasteiger partial charge in [-0.05, 0) is 30.5 Å². The monoisotopic (exact) mass is 266 g/mol. The van der Waals surface area contributed by atoms with Crippen LogP contribution in [0.5, 0.6) is 5.75 Å². The Hall–Kier alpha value is -1.75. The zero-order chi connectivity index (χ0) is 13.9. The van der Waals surface area contributed by atoms with Crippen LogP contribution >= 0.6 is 0 Å². The maximum Gasteiger partial charge on any atom is 0.314 e. The molecule has 0 aliphatic carbocycles. The lowest BCUT2D eigenvalue weighted by molar-refractivity contribution is 0.196. The molecule has 106 valence electrons. The number of amides is 2. The van der Waals surface area contributed by atoms with Crippen LogP contribution in [0.15, 0.2) is 24.3 Å². The van der Waals surface area contributed by atoms with Gasteiger partial charge in [-0.3, -0.25) is 0 Å². The van der Waals surface area contributed by atoms with Crippen LogP contribution in [0, 0.1) is 0 Å². The number of rotatable bonds is 8. The fraction of sp³-hybridized carbons (Fsp3) is 0.500. The van der Waals surface area contributed by atoms with Gasteiger partial charge in [0.25, 0.3) is 0 Å². The number of carbonyl (C=O) groups excluding carboxylic acids is 1. The van der Waals surface area contributed by atoms with Crippen LogP contribution in [-0.2, 0) is 11.2 Å². The molecule has 1 aromatic rings. The van der Waals surface area contributed by atoms with Crippen LogP contribution in [-0.4, -0.2) is 39.9 Å². The topological polar surface area (TPSA) is 59.6 Å². The van der Waals surface area contributed by atoms with Gasteiger partial charge in [-0.15, -0.1) is 0 Å². The van der Waals surface area contributed by atoms with E-state index in [1.54, 1.807) is 14.2 Å². The van der Waals surface area contributed by atoms with Gasteiger partial charge in [0.05, 0.1) is 13.7 Å². The molecule has 0 unspecified atom stereocenters. The van der Waals surface area contributed by atoms with Gasteiger partial charge in [-0.1, -0.05) is 12.1 Å². The molecule has 0 aliphatic heterocycles. The summed E-state index contributed by atoms with van der Waals surface area (Å²) in [5.74, 6) is 0.861. The Balaban J connectivity index is 2.11. The van der Waals surface area contributed by atoms with Crippen molar-refractivity contribution in [1.82, 2.24) is 10.6 Å². The van der Waals surface area contributed by atoms with Crippen LogP contribution < -0.4 is 15.4 Å². The van der Waals surface area contributed by atoms with E-state index in [9.17, 15) is 4.79 Å². The second-order valence-corrected chi connectivity index (χ2v) is 4.13. The lowest BCUT2D eigenvalue weighted by atomic mass is 10.1. The quantitative estimate of drug-likeness (QED) is 0.702. The molecule has 0 bridgehead atoms. The van der Waals surface area contributed by atoms with Crippen molar-refractivity contribution in [2.45, 2.75) is 12.8 Å². The Morgan fingerprint density at radius 1 is 1.11 bits per heavy atom. The van der Waals surface area contributed by atoms with E-state index >= 15 is 0 Å². The van der Waals surface area contributed by atoms with E-state index < -0.39 is 0 Å². The molecule has 0 heterocycles. The van der Waals surface area contributed by atoms with Gasteiger partial charge in [-0.2, -0.15) is 0 Å². The second kappa shape index (κ2) is 9.22. The smallest absolute Gasteiger partial charge is 0.314 e. The Morgan fingerprint density at radius 2 is 1.79 bits per heavy atom. The van der Waals surface area contributed by atoms with Gasteiger partial charge >= 0.3 is 6.03 Å². The highest BCUT2D eigenvalue weighted by Crippen LogP contribution is 2.12. The fourth-order valence-corrected chi connectivity index (χ4v) is 1.62. The summed E-state index contributed by atoms with van der Waals surface area (Å²) in [5.41, 5.74) is 1.24. The summed E-state index contributed by atoms with van der Waals surface area (Å²) in [6.07, 6.45) is 1.84. The van der Waals surface area contributed by atoms with Crippen molar-refractivity contribution in [2.24, 2.45) is 0 Å². The minimum atomic E-state index is -0.146. The molecular weight excluding hydrogens is 244 g/mol. The number of aryl methyl sites for hydroxylation is 1. The van der Waals surface area contributed by atoms with Gasteiger partial charge in [0, 0.05) is 20.2 Å². The zero-order valence-corrected chi connectivity index (χ0v) is 11.6. The van der Waals surface area contributed by atoms with Gasteiger partial charge in [-0.25, -0.2) is 4.79 Å². The third kappa shape index (κ3) is 6.67. The summed E-state index contributed by atoms with van der Waals surface area (Å²) >= 11 is 0. The van der Waals surface area contributed by atoms with Crippen molar-refractivity contribution in [1.29, 1.82) is 0 Å². The number of methoxy groups -OCH3 is 2. The highest BCUT2D eigenvalue weighted by atomic mass is 16.5. The van der Waals surface area contributed by atoms with Crippen LogP contribution in [0.1, 0.15) is 12.0 Å². The molecule has 0 saturated heterocycles. The van der Waals surface area contributed by atoms with E-state index in [2.05, 4.69) is 10.6 Å². The first-order chi connectivity index (χ1) is 9.26. The lowest BCUT2D eigenvalue weighted by Crippen LogP contribution is -2.37. The predicted molar refractivity (Wildman–Crippen MR) is 74.6 cm³/mol. The van der Waals surface area contributed by atoms with Crippen LogP contribution in [0.25, 0.3) is 0 Å². The molecule has 0 spiro atoms. The molecular formula is C14H22N2O3. The number of carbonyl (C=O) groups is 1. The van der Waals surface area contributed by atoms with Gasteiger partial charge in [0.15, 0.2) is 0 Å². The van der Waals surface area contributed by atoms with E-state index in [0.29, 0.717) is 19.7 Å². The Labute approximate surface area is 114 Å².